The maximum Gasteiger partial charge on any atom is 0.324 e. The maximum atomic E-state index is 12.9. The Bertz CT molecular complexity index is 748. The molecule has 5 unspecified atom stereocenters. The molecule has 0 radical (unpaired) electrons. The number of anilines is 1. The van der Waals surface area contributed by atoms with Crippen molar-refractivity contribution in [1.82, 2.24) is 19.9 Å². The Labute approximate surface area is 166 Å². The zero-order valence-electron chi connectivity index (χ0n) is 16.8. The number of aromatic nitrogens is 2. The van der Waals surface area contributed by atoms with E-state index in [9.17, 15) is 4.79 Å². The van der Waals surface area contributed by atoms with E-state index in [0.29, 0.717) is 41.8 Å². The minimum absolute atomic E-state index is 0.340. The first-order valence-corrected chi connectivity index (χ1v) is 11.3. The standard InChI is InChI=1S/C21H31N5O2/c1-13-22-21(28-23-13)26-10-14-7-15(9-16(26)8-14)25-11-17-18(12-25)19(17)20(27)24-5-3-2-4-6-24/h14-19H,2-12H2,1H3/t14?,15?,16?,17-,18?,19?/m0/s1. The Balaban J connectivity index is 1.06. The number of amides is 1. The van der Waals surface area contributed by atoms with Gasteiger partial charge in [-0.2, -0.15) is 4.98 Å². The summed E-state index contributed by atoms with van der Waals surface area (Å²) in [5.41, 5.74) is 0. The number of fused-ring (bicyclic) bond motifs is 3. The van der Waals surface area contributed by atoms with Crippen molar-refractivity contribution >= 4 is 11.9 Å². The second kappa shape index (κ2) is 6.44. The quantitative estimate of drug-likeness (QED) is 0.792. The van der Waals surface area contributed by atoms with Gasteiger partial charge in [-0.1, -0.05) is 5.16 Å². The molecule has 1 aromatic heterocycles. The van der Waals surface area contributed by atoms with Crippen LogP contribution < -0.4 is 4.90 Å². The van der Waals surface area contributed by atoms with Crippen LogP contribution in [0.5, 0.6) is 0 Å². The van der Waals surface area contributed by atoms with Crippen LogP contribution in [0.15, 0.2) is 4.52 Å². The number of carbonyl (C=O) groups is 1. The summed E-state index contributed by atoms with van der Waals surface area (Å²) >= 11 is 0. The first kappa shape index (κ1) is 17.2. The van der Waals surface area contributed by atoms with Gasteiger partial charge in [-0.3, -0.25) is 9.69 Å². The molecule has 0 aromatic carbocycles. The number of nitrogens with zero attached hydrogens (tertiary/aromatic N) is 5. The van der Waals surface area contributed by atoms with E-state index in [0.717, 1.165) is 44.5 Å². The molecule has 3 aliphatic heterocycles. The van der Waals surface area contributed by atoms with Crippen molar-refractivity contribution in [2.75, 3.05) is 37.6 Å². The van der Waals surface area contributed by atoms with Crippen molar-refractivity contribution in [1.29, 1.82) is 0 Å². The zero-order chi connectivity index (χ0) is 18.8. The predicted octanol–water partition coefficient (Wildman–Crippen LogP) is 1.93. The van der Waals surface area contributed by atoms with Crippen LogP contribution >= 0.6 is 0 Å². The molecule has 6 atom stereocenters. The molecule has 2 bridgehead atoms. The van der Waals surface area contributed by atoms with Crippen molar-refractivity contribution in [2.45, 2.75) is 57.5 Å². The summed E-state index contributed by atoms with van der Waals surface area (Å²) in [6.45, 7) is 7.21. The number of aryl methyl sites for hydroxylation is 1. The van der Waals surface area contributed by atoms with E-state index in [4.69, 9.17) is 4.52 Å². The number of piperidine rings is 2. The number of carbonyl (C=O) groups excluding carboxylic acids is 1. The largest absolute Gasteiger partial charge is 0.342 e. The normalized spacial score (nSPS) is 40.0. The first-order chi connectivity index (χ1) is 13.7. The van der Waals surface area contributed by atoms with E-state index in [1.165, 1.54) is 38.5 Å². The van der Waals surface area contributed by atoms with Crippen LogP contribution in [0.2, 0.25) is 0 Å². The molecule has 4 heterocycles. The molecule has 152 valence electrons. The van der Waals surface area contributed by atoms with E-state index >= 15 is 0 Å². The molecule has 7 nitrogen and oxygen atoms in total. The fraction of sp³-hybridized carbons (Fsp3) is 0.857. The van der Waals surface area contributed by atoms with Gasteiger partial charge in [0.2, 0.25) is 5.91 Å². The molecule has 0 spiro atoms. The topological polar surface area (TPSA) is 65.7 Å². The third-order valence-corrected chi connectivity index (χ3v) is 8.10. The van der Waals surface area contributed by atoms with E-state index in [1.54, 1.807) is 0 Å². The Kier molecular flexibility index (Phi) is 3.97. The summed E-state index contributed by atoms with van der Waals surface area (Å²) in [5, 5.41) is 3.98. The van der Waals surface area contributed by atoms with Gasteiger partial charge >= 0.3 is 6.01 Å². The minimum atomic E-state index is 0.340. The van der Waals surface area contributed by atoms with E-state index in [1.807, 2.05) is 6.92 Å². The van der Waals surface area contributed by atoms with E-state index in [2.05, 4.69) is 24.8 Å². The molecule has 5 aliphatic rings. The van der Waals surface area contributed by atoms with Crippen molar-refractivity contribution in [2.24, 2.45) is 23.7 Å². The lowest BCUT2D eigenvalue weighted by Crippen LogP contribution is -2.44. The van der Waals surface area contributed by atoms with Crippen LogP contribution in [0.3, 0.4) is 0 Å². The highest BCUT2D eigenvalue weighted by Crippen LogP contribution is 2.54. The monoisotopic (exact) mass is 385 g/mol. The predicted molar refractivity (Wildman–Crippen MR) is 104 cm³/mol. The first-order valence-electron chi connectivity index (χ1n) is 11.3. The second-order valence-corrected chi connectivity index (χ2v) is 9.85. The summed E-state index contributed by atoms with van der Waals surface area (Å²) in [5.74, 6) is 3.52. The molecular formula is C21H31N5O2. The summed E-state index contributed by atoms with van der Waals surface area (Å²) in [6, 6.07) is 1.91. The van der Waals surface area contributed by atoms with E-state index < -0.39 is 0 Å². The van der Waals surface area contributed by atoms with Gasteiger partial charge in [0.25, 0.3) is 0 Å². The number of hydrogen-bond acceptors (Lipinski definition) is 6. The Morgan fingerprint density at radius 3 is 2.46 bits per heavy atom. The lowest BCUT2D eigenvalue weighted by atomic mass is 9.85. The summed E-state index contributed by atoms with van der Waals surface area (Å²) in [7, 11) is 0. The Hall–Kier alpha value is -1.63. The average molecular weight is 386 g/mol. The third-order valence-electron chi connectivity index (χ3n) is 8.10. The molecule has 28 heavy (non-hydrogen) atoms. The SMILES string of the molecule is Cc1noc(N2CC3CC(N4CC5C(C(=O)N6CCCCC6)[C@H]5C4)CC2C3)n1. The minimum Gasteiger partial charge on any atom is -0.342 e. The van der Waals surface area contributed by atoms with Gasteiger partial charge in [0.1, 0.15) is 0 Å². The fourth-order valence-electron chi connectivity index (χ4n) is 6.69. The van der Waals surface area contributed by atoms with Gasteiger partial charge < -0.3 is 14.3 Å². The van der Waals surface area contributed by atoms with Crippen LogP contribution in [-0.2, 0) is 4.79 Å². The summed E-state index contributed by atoms with van der Waals surface area (Å²) in [6.07, 6.45) is 7.42. The van der Waals surface area contributed by atoms with Gasteiger partial charge in [0.05, 0.1) is 0 Å². The van der Waals surface area contributed by atoms with Crippen LogP contribution in [-0.4, -0.2) is 70.7 Å². The van der Waals surface area contributed by atoms with Crippen LogP contribution in [0.25, 0.3) is 0 Å². The van der Waals surface area contributed by atoms with Crippen LogP contribution in [0, 0.1) is 30.6 Å². The molecule has 7 heteroatoms. The highest BCUT2D eigenvalue weighted by molar-refractivity contribution is 5.82. The molecule has 5 fully saturated rings. The summed E-state index contributed by atoms with van der Waals surface area (Å²) < 4.78 is 5.45. The third kappa shape index (κ3) is 2.77. The lowest BCUT2D eigenvalue weighted by molar-refractivity contribution is -0.134. The molecule has 1 aromatic rings. The smallest absolute Gasteiger partial charge is 0.324 e. The van der Waals surface area contributed by atoms with Crippen LogP contribution in [0.4, 0.5) is 6.01 Å². The number of hydrogen-bond donors (Lipinski definition) is 0. The molecule has 6 rings (SSSR count). The second-order valence-electron chi connectivity index (χ2n) is 9.85. The van der Waals surface area contributed by atoms with Crippen molar-refractivity contribution in [3.8, 4) is 0 Å². The number of likely N-dealkylation sites (tertiary alicyclic amines) is 2. The van der Waals surface area contributed by atoms with Gasteiger partial charge in [0.15, 0.2) is 5.82 Å². The maximum absolute atomic E-state index is 12.9. The van der Waals surface area contributed by atoms with Gasteiger partial charge in [-0.25, -0.2) is 0 Å². The highest BCUT2D eigenvalue weighted by Gasteiger charge is 2.61. The molecule has 2 saturated carbocycles. The Morgan fingerprint density at radius 2 is 1.75 bits per heavy atom. The van der Waals surface area contributed by atoms with Crippen LogP contribution in [0.1, 0.15) is 44.3 Å². The van der Waals surface area contributed by atoms with E-state index in [-0.39, 0.29) is 0 Å². The number of rotatable bonds is 3. The Morgan fingerprint density at radius 1 is 1.00 bits per heavy atom. The zero-order valence-corrected chi connectivity index (χ0v) is 16.8. The summed E-state index contributed by atoms with van der Waals surface area (Å²) in [4.78, 5) is 24.5. The van der Waals surface area contributed by atoms with Crippen molar-refractivity contribution < 1.29 is 9.32 Å². The molecule has 0 N–H and O–H groups in total. The van der Waals surface area contributed by atoms with Crippen molar-refractivity contribution in [3.05, 3.63) is 5.82 Å². The molecule has 2 aliphatic carbocycles. The molecular weight excluding hydrogens is 354 g/mol. The molecule has 3 saturated heterocycles. The highest BCUT2D eigenvalue weighted by atomic mass is 16.5. The van der Waals surface area contributed by atoms with Gasteiger partial charge in [-0.05, 0) is 63.2 Å². The molecule has 1 amide bonds. The lowest BCUT2D eigenvalue weighted by Gasteiger charge is -2.36. The fourth-order valence-corrected chi connectivity index (χ4v) is 6.69. The average Bonchev–Trinajstić information content (AvgIpc) is 3.06. The van der Waals surface area contributed by atoms with Gasteiger partial charge in [-0.15, -0.1) is 0 Å². The van der Waals surface area contributed by atoms with Gasteiger partial charge in [0, 0.05) is 50.7 Å². The van der Waals surface area contributed by atoms with Crippen molar-refractivity contribution in [3.63, 3.8) is 0 Å².